The van der Waals surface area contributed by atoms with Gasteiger partial charge in [0, 0.05) is 44.8 Å². The van der Waals surface area contributed by atoms with Crippen LogP contribution in [0, 0.1) is 0 Å². The van der Waals surface area contributed by atoms with E-state index in [-0.39, 0.29) is 12.2 Å². The van der Waals surface area contributed by atoms with E-state index in [4.69, 9.17) is 9.72 Å². The maximum Gasteiger partial charge on any atom is 0.227 e. The van der Waals surface area contributed by atoms with Crippen molar-refractivity contribution < 1.29 is 9.84 Å². The zero-order valence-corrected chi connectivity index (χ0v) is 14.9. The molecule has 138 valence electrons. The van der Waals surface area contributed by atoms with E-state index in [2.05, 4.69) is 19.8 Å². The van der Waals surface area contributed by atoms with Gasteiger partial charge in [0.15, 0.2) is 0 Å². The second-order valence-electron chi connectivity index (χ2n) is 6.96. The second-order valence-corrected chi connectivity index (χ2v) is 6.96. The molecule has 2 fully saturated rings. The van der Waals surface area contributed by atoms with Crippen molar-refractivity contribution in [3.8, 4) is 0 Å². The highest BCUT2D eigenvalue weighted by molar-refractivity contribution is 5.45. The molecule has 0 aromatic carbocycles. The van der Waals surface area contributed by atoms with Crippen molar-refractivity contribution in [2.24, 2.45) is 0 Å². The smallest absolute Gasteiger partial charge is 0.227 e. The van der Waals surface area contributed by atoms with Gasteiger partial charge in [-0.2, -0.15) is 4.98 Å². The van der Waals surface area contributed by atoms with Gasteiger partial charge in [-0.25, -0.2) is 4.98 Å². The lowest BCUT2D eigenvalue weighted by Crippen LogP contribution is -2.38. The third kappa shape index (κ3) is 4.11. The van der Waals surface area contributed by atoms with Crippen LogP contribution in [-0.2, 0) is 11.3 Å². The van der Waals surface area contributed by atoms with E-state index in [9.17, 15) is 5.11 Å². The molecular formula is C19H25N5O2. The van der Waals surface area contributed by atoms with E-state index < -0.39 is 0 Å². The summed E-state index contributed by atoms with van der Waals surface area (Å²) in [5.41, 5.74) is 1.11. The number of aliphatic hydroxyl groups excluding tert-OH is 1. The number of rotatable bonds is 5. The van der Waals surface area contributed by atoms with E-state index in [1.54, 1.807) is 6.20 Å². The quantitative estimate of drug-likeness (QED) is 0.874. The van der Waals surface area contributed by atoms with Gasteiger partial charge in [0.1, 0.15) is 5.82 Å². The molecular weight excluding hydrogens is 330 g/mol. The maximum atomic E-state index is 9.73. The Morgan fingerprint density at radius 2 is 1.92 bits per heavy atom. The molecule has 2 saturated heterocycles. The molecule has 7 heteroatoms. The Morgan fingerprint density at radius 1 is 1.08 bits per heavy atom. The number of pyridine rings is 1. The molecule has 1 N–H and O–H groups in total. The van der Waals surface area contributed by atoms with Gasteiger partial charge < -0.3 is 19.6 Å². The van der Waals surface area contributed by atoms with Crippen LogP contribution in [0.2, 0.25) is 0 Å². The molecule has 26 heavy (non-hydrogen) atoms. The summed E-state index contributed by atoms with van der Waals surface area (Å²) < 4.78 is 6.03. The molecule has 0 amide bonds. The van der Waals surface area contributed by atoms with Crippen LogP contribution in [-0.4, -0.2) is 58.4 Å². The minimum Gasteiger partial charge on any atom is -0.391 e. The van der Waals surface area contributed by atoms with Crippen LogP contribution in [0.5, 0.6) is 0 Å². The second kappa shape index (κ2) is 7.97. The lowest BCUT2D eigenvalue weighted by Gasteiger charge is -2.32. The molecule has 4 heterocycles. The minimum absolute atomic E-state index is 0.249. The molecule has 0 bridgehead atoms. The van der Waals surface area contributed by atoms with Gasteiger partial charge in [-0.05, 0) is 37.0 Å². The Bertz CT molecular complexity index is 706. The van der Waals surface area contributed by atoms with E-state index in [0.29, 0.717) is 13.2 Å². The first-order chi connectivity index (χ1) is 12.8. The van der Waals surface area contributed by atoms with Crippen molar-refractivity contribution in [2.45, 2.75) is 38.1 Å². The van der Waals surface area contributed by atoms with Gasteiger partial charge in [0.2, 0.25) is 5.95 Å². The summed E-state index contributed by atoms with van der Waals surface area (Å²) >= 11 is 0. The molecule has 0 radical (unpaired) electrons. The van der Waals surface area contributed by atoms with Crippen LogP contribution in [0.4, 0.5) is 11.8 Å². The zero-order valence-electron chi connectivity index (χ0n) is 14.9. The van der Waals surface area contributed by atoms with Gasteiger partial charge in [-0.3, -0.25) is 4.98 Å². The monoisotopic (exact) mass is 355 g/mol. The molecule has 0 unspecified atom stereocenters. The number of ether oxygens (including phenoxy) is 1. The molecule has 2 aromatic heterocycles. The fourth-order valence-electron chi connectivity index (χ4n) is 3.54. The number of aliphatic hydroxyl groups is 1. The Balaban J connectivity index is 1.30. The molecule has 2 aromatic rings. The number of aromatic nitrogens is 3. The Morgan fingerprint density at radius 3 is 2.65 bits per heavy atom. The van der Waals surface area contributed by atoms with Crippen LogP contribution in [0.25, 0.3) is 0 Å². The van der Waals surface area contributed by atoms with Crippen molar-refractivity contribution in [3.63, 3.8) is 0 Å². The van der Waals surface area contributed by atoms with Crippen LogP contribution in [0.1, 0.15) is 24.8 Å². The number of β-amino-alcohol motifs (C(OH)–C–C–N with tert-alkyl or cyclic N) is 1. The normalized spacial score (nSPS) is 21.3. The highest BCUT2D eigenvalue weighted by Crippen LogP contribution is 2.23. The Kier molecular flexibility index (Phi) is 5.26. The maximum absolute atomic E-state index is 9.73. The Hall–Kier alpha value is -2.25. The predicted molar refractivity (Wildman–Crippen MR) is 99.1 cm³/mol. The van der Waals surface area contributed by atoms with Crippen LogP contribution in [0.3, 0.4) is 0 Å². The SMILES string of the molecule is O[C@H]1CCN(c2ccnc(N3CCC(OCc4cccnc4)CC3)n2)C1. The van der Waals surface area contributed by atoms with Crippen molar-refractivity contribution in [2.75, 3.05) is 36.0 Å². The summed E-state index contributed by atoms with van der Waals surface area (Å²) in [4.78, 5) is 17.6. The number of hydrogen-bond acceptors (Lipinski definition) is 7. The highest BCUT2D eigenvalue weighted by Gasteiger charge is 2.24. The molecule has 0 saturated carbocycles. The topological polar surface area (TPSA) is 74.6 Å². The fraction of sp³-hybridized carbons (Fsp3) is 0.526. The summed E-state index contributed by atoms with van der Waals surface area (Å²) in [6, 6.07) is 5.90. The van der Waals surface area contributed by atoms with Crippen molar-refractivity contribution in [1.29, 1.82) is 0 Å². The van der Waals surface area contributed by atoms with Gasteiger partial charge in [-0.15, -0.1) is 0 Å². The van der Waals surface area contributed by atoms with Gasteiger partial charge in [0.05, 0.1) is 18.8 Å². The number of hydrogen-bond donors (Lipinski definition) is 1. The first-order valence-electron chi connectivity index (χ1n) is 9.29. The number of nitrogens with zero attached hydrogens (tertiary/aromatic N) is 5. The standard InChI is InChI=1S/C19H25N5O2/c25-16-4-9-24(13-16)18-3-8-21-19(22-18)23-10-5-17(6-11-23)26-14-15-2-1-7-20-12-15/h1-3,7-8,12,16-17,25H,4-6,9-11,13-14H2/t16-/m0/s1. The molecule has 7 nitrogen and oxygen atoms in total. The molecule has 2 aliphatic heterocycles. The third-order valence-corrected chi connectivity index (χ3v) is 5.05. The fourth-order valence-corrected chi connectivity index (χ4v) is 3.54. The van der Waals surface area contributed by atoms with E-state index in [0.717, 1.165) is 56.2 Å². The molecule has 0 spiro atoms. The molecule has 4 rings (SSSR count). The average molecular weight is 355 g/mol. The minimum atomic E-state index is -0.249. The van der Waals surface area contributed by atoms with E-state index >= 15 is 0 Å². The molecule has 2 aliphatic rings. The van der Waals surface area contributed by atoms with E-state index in [1.807, 2.05) is 30.6 Å². The van der Waals surface area contributed by atoms with Crippen LogP contribution in [0.15, 0.2) is 36.8 Å². The summed E-state index contributed by atoms with van der Waals surface area (Å²) in [5, 5.41) is 9.73. The first-order valence-corrected chi connectivity index (χ1v) is 9.29. The number of piperidine rings is 1. The van der Waals surface area contributed by atoms with Gasteiger partial charge in [-0.1, -0.05) is 6.07 Å². The average Bonchev–Trinajstić information content (AvgIpc) is 3.14. The van der Waals surface area contributed by atoms with E-state index in [1.165, 1.54) is 0 Å². The summed E-state index contributed by atoms with van der Waals surface area (Å²) in [6.07, 6.45) is 8.20. The largest absolute Gasteiger partial charge is 0.391 e. The predicted octanol–water partition coefficient (Wildman–Crippen LogP) is 1.63. The molecule has 0 aliphatic carbocycles. The van der Waals surface area contributed by atoms with Crippen molar-refractivity contribution >= 4 is 11.8 Å². The lowest BCUT2D eigenvalue weighted by atomic mass is 10.1. The summed E-state index contributed by atoms with van der Waals surface area (Å²) in [6.45, 7) is 3.90. The number of anilines is 2. The zero-order chi connectivity index (χ0) is 17.8. The van der Waals surface area contributed by atoms with Crippen molar-refractivity contribution in [1.82, 2.24) is 15.0 Å². The van der Waals surface area contributed by atoms with Crippen LogP contribution < -0.4 is 9.80 Å². The van der Waals surface area contributed by atoms with Gasteiger partial charge >= 0.3 is 0 Å². The Labute approximate surface area is 153 Å². The summed E-state index contributed by atoms with van der Waals surface area (Å²) in [7, 11) is 0. The highest BCUT2D eigenvalue weighted by atomic mass is 16.5. The summed E-state index contributed by atoms with van der Waals surface area (Å²) in [5.74, 6) is 1.68. The molecule has 1 atom stereocenters. The third-order valence-electron chi connectivity index (χ3n) is 5.05. The van der Waals surface area contributed by atoms with Crippen molar-refractivity contribution in [3.05, 3.63) is 42.4 Å². The van der Waals surface area contributed by atoms with Gasteiger partial charge in [0.25, 0.3) is 0 Å². The lowest BCUT2D eigenvalue weighted by molar-refractivity contribution is 0.0248. The first kappa shape index (κ1) is 17.2. The van der Waals surface area contributed by atoms with Crippen LogP contribution >= 0.6 is 0 Å².